The molecular formula is C24H32N4O2. The maximum Gasteiger partial charge on any atom is 0.230 e. The first-order chi connectivity index (χ1) is 14.4. The molecule has 2 aliphatic rings. The van der Waals surface area contributed by atoms with Crippen LogP contribution < -0.4 is 10.6 Å². The number of aryl methyl sites for hydroxylation is 1. The summed E-state index contributed by atoms with van der Waals surface area (Å²) in [6, 6.07) is 14.2. The molecule has 1 aromatic heterocycles. The van der Waals surface area contributed by atoms with Gasteiger partial charge in [0.05, 0.1) is 11.3 Å². The van der Waals surface area contributed by atoms with Crippen molar-refractivity contribution in [3.63, 3.8) is 0 Å². The van der Waals surface area contributed by atoms with Crippen molar-refractivity contribution in [3.8, 4) is 0 Å². The predicted octanol–water partition coefficient (Wildman–Crippen LogP) is 2.24. The fourth-order valence-electron chi connectivity index (χ4n) is 4.97. The molecule has 2 aromatic rings. The molecule has 6 nitrogen and oxygen atoms in total. The highest BCUT2D eigenvalue weighted by Gasteiger charge is 2.45. The second-order valence-corrected chi connectivity index (χ2v) is 9.02. The standard InChI is InChI=1S/C24H32N4O2/c1-19-6-8-20(9-7-19)28-15-11-23(30,12-16-28)17-27-14-4-10-24(18-27,22(25)29)21-5-2-3-13-26-21/h2-3,5-9,13,30H,4,10-12,14-18H2,1H3,(H2,25,29). The molecule has 30 heavy (non-hydrogen) atoms. The third-order valence-corrected chi connectivity index (χ3v) is 6.81. The van der Waals surface area contributed by atoms with Gasteiger partial charge in [-0.15, -0.1) is 0 Å². The van der Waals surface area contributed by atoms with E-state index in [9.17, 15) is 9.90 Å². The first kappa shape index (κ1) is 20.8. The number of hydrogen-bond acceptors (Lipinski definition) is 5. The second kappa shape index (κ2) is 8.36. The van der Waals surface area contributed by atoms with Crippen molar-refractivity contribution in [1.82, 2.24) is 9.88 Å². The molecule has 1 unspecified atom stereocenters. The summed E-state index contributed by atoms with van der Waals surface area (Å²) in [6.45, 7) is 5.70. The van der Waals surface area contributed by atoms with Crippen LogP contribution in [-0.2, 0) is 10.2 Å². The molecule has 0 aliphatic carbocycles. The Morgan fingerprint density at radius 1 is 1.10 bits per heavy atom. The normalized spacial score (nSPS) is 24.5. The number of nitrogens with two attached hydrogens (primary N) is 1. The topological polar surface area (TPSA) is 82.7 Å². The van der Waals surface area contributed by atoms with Gasteiger partial charge in [-0.25, -0.2) is 0 Å². The number of nitrogens with zero attached hydrogens (tertiary/aromatic N) is 3. The van der Waals surface area contributed by atoms with Crippen molar-refractivity contribution in [3.05, 3.63) is 59.9 Å². The summed E-state index contributed by atoms with van der Waals surface area (Å²) in [6.07, 6.45) is 4.71. The van der Waals surface area contributed by atoms with E-state index in [1.165, 1.54) is 11.3 Å². The average molecular weight is 409 g/mol. The van der Waals surface area contributed by atoms with Crippen LogP contribution in [0.3, 0.4) is 0 Å². The Morgan fingerprint density at radius 3 is 2.47 bits per heavy atom. The van der Waals surface area contributed by atoms with Crippen LogP contribution in [0.15, 0.2) is 48.7 Å². The van der Waals surface area contributed by atoms with Gasteiger partial charge in [0.15, 0.2) is 0 Å². The molecule has 2 saturated heterocycles. The summed E-state index contributed by atoms with van der Waals surface area (Å²) in [5.41, 5.74) is 7.56. The lowest BCUT2D eigenvalue weighted by molar-refractivity contribution is -0.126. The van der Waals surface area contributed by atoms with Gasteiger partial charge in [-0.1, -0.05) is 23.8 Å². The van der Waals surface area contributed by atoms with Crippen molar-refractivity contribution in [2.75, 3.05) is 37.6 Å². The Bertz CT molecular complexity index is 863. The third-order valence-electron chi connectivity index (χ3n) is 6.81. The Balaban J connectivity index is 1.42. The number of piperidine rings is 2. The molecular weight excluding hydrogens is 376 g/mol. The van der Waals surface area contributed by atoms with Gasteiger partial charge in [0.25, 0.3) is 0 Å². The lowest BCUT2D eigenvalue weighted by Crippen LogP contribution is -2.58. The molecule has 2 fully saturated rings. The van der Waals surface area contributed by atoms with E-state index in [2.05, 4.69) is 46.0 Å². The lowest BCUT2D eigenvalue weighted by Gasteiger charge is -2.46. The number of primary amides is 1. The van der Waals surface area contributed by atoms with E-state index in [0.717, 1.165) is 31.7 Å². The zero-order chi connectivity index (χ0) is 21.2. The molecule has 0 saturated carbocycles. The Labute approximate surface area is 178 Å². The van der Waals surface area contributed by atoms with E-state index in [4.69, 9.17) is 5.73 Å². The zero-order valence-corrected chi connectivity index (χ0v) is 17.8. The summed E-state index contributed by atoms with van der Waals surface area (Å²) in [5.74, 6) is -0.327. The fourth-order valence-corrected chi connectivity index (χ4v) is 4.97. The van der Waals surface area contributed by atoms with Crippen molar-refractivity contribution < 1.29 is 9.90 Å². The molecule has 0 bridgehead atoms. The number of carbonyl (C=O) groups is 1. The molecule has 6 heteroatoms. The summed E-state index contributed by atoms with van der Waals surface area (Å²) >= 11 is 0. The smallest absolute Gasteiger partial charge is 0.230 e. The van der Waals surface area contributed by atoms with Gasteiger partial charge in [0.1, 0.15) is 5.41 Å². The summed E-state index contributed by atoms with van der Waals surface area (Å²) in [5, 5.41) is 11.3. The van der Waals surface area contributed by atoms with Crippen molar-refractivity contribution in [1.29, 1.82) is 0 Å². The van der Waals surface area contributed by atoms with E-state index in [0.29, 0.717) is 32.4 Å². The molecule has 160 valence electrons. The second-order valence-electron chi connectivity index (χ2n) is 9.02. The Kier molecular flexibility index (Phi) is 5.80. The third kappa shape index (κ3) is 4.20. The van der Waals surface area contributed by atoms with Gasteiger partial charge < -0.3 is 15.7 Å². The van der Waals surface area contributed by atoms with E-state index < -0.39 is 11.0 Å². The lowest BCUT2D eigenvalue weighted by atomic mass is 9.75. The van der Waals surface area contributed by atoms with Gasteiger partial charge in [-0.3, -0.25) is 14.7 Å². The first-order valence-electron chi connectivity index (χ1n) is 10.9. The fraction of sp³-hybridized carbons (Fsp3) is 0.500. The molecule has 4 rings (SSSR count). The van der Waals surface area contributed by atoms with E-state index in [1.54, 1.807) is 6.20 Å². The van der Waals surface area contributed by atoms with Gasteiger partial charge in [-0.05, 0) is 63.4 Å². The quantitative estimate of drug-likeness (QED) is 0.793. The molecule has 0 spiro atoms. The van der Waals surface area contributed by atoms with Crippen LogP contribution in [-0.4, -0.2) is 59.2 Å². The highest BCUT2D eigenvalue weighted by atomic mass is 16.3. The van der Waals surface area contributed by atoms with Crippen LogP contribution in [0.2, 0.25) is 0 Å². The highest BCUT2D eigenvalue weighted by molar-refractivity contribution is 5.86. The number of carbonyl (C=O) groups excluding carboxylic acids is 1. The first-order valence-corrected chi connectivity index (χ1v) is 10.9. The largest absolute Gasteiger partial charge is 0.388 e. The van der Waals surface area contributed by atoms with Gasteiger partial charge in [-0.2, -0.15) is 0 Å². The number of benzene rings is 1. The highest BCUT2D eigenvalue weighted by Crippen LogP contribution is 2.35. The van der Waals surface area contributed by atoms with E-state index >= 15 is 0 Å². The van der Waals surface area contributed by atoms with Crippen molar-refractivity contribution in [2.45, 2.75) is 43.6 Å². The number of β-amino-alcohol motifs (C(OH)–C–C–N with tert-alkyl or cyclic N) is 1. The van der Waals surface area contributed by atoms with Crippen molar-refractivity contribution >= 4 is 11.6 Å². The maximum absolute atomic E-state index is 12.5. The number of pyridine rings is 1. The summed E-state index contributed by atoms with van der Waals surface area (Å²) in [7, 11) is 0. The monoisotopic (exact) mass is 408 g/mol. The number of hydrogen-bond donors (Lipinski definition) is 2. The molecule has 1 aromatic carbocycles. The number of amides is 1. The van der Waals surface area contributed by atoms with Crippen LogP contribution in [0.4, 0.5) is 5.69 Å². The number of rotatable bonds is 5. The van der Waals surface area contributed by atoms with Crippen LogP contribution >= 0.6 is 0 Å². The van der Waals surface area contributed by atoms with Crippen LogP contribution in [0, 0.1) is 6.92 Å². The minimum absolute atomic E-state index is 0.327. The number of aliphatic hydroxyl groups is 1. The Hall–Kier alpha value is -2.44. The molecule has 1 amide bonds. The maximum atomic E-state index is 12.5. The minimum atomic E-state index is -0.779. The number of aromatic nitrogens is 1. The molecule has 2 aliphatic heterocycles. The predicted molar refractivity (Wildman–Crippen MR) is 118 cm³/mol. The van der Waals surface area contributed by atoms with E-state index in [1.807, 2.05) is 18.2 Å². The SMILES string of the molecule is Cc1ccc(N2CCC(O)(CN3CCCC(C(N)=O)(c4ccccn4)C3)CC2)cc1. The molecule has 3 heterocycles. The summed E-state index contributed by atoms with van der Waals surface area (Å²) < 4.78 is 0. The van der Waals surface area contributed by atoms with Crippen LogP contribution in [0.5, 0.6) is 0 Å². The van der Waals surface area contributed by atoms with Crippen LogP contribution in [0.1, 0.15) is 36.9 Å². The number of likely N-dealkylation sites (tertiary alicyclic amines) is 1. The van der Waals surface area contributed by atoms with Crippen LogP contribution in [0.25, 0.3) is 0 Å². The molecule has 1 atom stereocenters. The Morgan fingerprint density at radius 2 is 1.83 bits per heavy atom. The van der Waals surface area contributed by atoms with Gasteiger partial charge >= 0.3 is 0 Å². The molecule has 0 radical (unpaired) electrons. The van der Waals surface area contributed by atoms with E-state index in [-0.39, 0.29) is 5.91 Å². The van der Waals surface area contributed by atoms with Gasteiger partial charge in [0, 0.05) is 38.1 Å². The van der Waals surface area contributed by atoms with Crippen molar-refractivity contribution in [2.24, 2.45) is 5.73 Å². The average Bonchev–Trinajstić information content (AvgIpc) is 2.75. The molecule has 3 N–H and O–H groups in total. The van der Waals surface area contributed by atoms with Gasteiger partial charge in [0.2, 0.25) is 5.91 Å². The minimum Gasteiger partial charge on any atom is -0.388 e. The summed E-state index contributed by atoms with van der Waals surface area (Å²) in [4.78, 5) is 21.5. The zero-order valence-electron chi connectivity index (χ0n) is 17.8. The number of anilines is 1.